The summed E-state index contributed by atoms with van der Waals surface area (Å²) in [6, 6.07) is 9.22. The largest absolute Gasteiger partial charge is 0.497 e. The van der Waals surface area contributed by atoms with Gasteiger partial charge in [0.2, 0.25) is 5.96 Å². The van der Waals surface area contributed by atoms with Crippen molar-refractivity contribution < 1.29 is 19.4 Å². The zero-order chi connectivity index (χ0) is 20.9. The summed E-state index contributed by atoms with van der Waals surface area (Å²) in [5.74, 6) is 1.13. The molecular weight excluding hydrogens is 386 g/mol. The Bertz CT molecular complexity index is 998. The van der Waals surface area contributed by atoms with Crippen LogP contribution in [0.25, 0.3) is 5.57 Å². The van der Waals surface area contributed by atoms with E-state index < -0.39 is 5.97 Å². The first-order chi connectivity index (χ1) is 14.6. The number of rotatable bonds is 5. The first-order valence-electron chi connectivity index (χ1n) is 9.62. The van der Waals surface area contributed by atoms with Crippen molar-refractivity contribution >= 4 is 23.2 Å². The van der Waals surface area contributed by atoms with Gasteiger partial charge in [-0.05, 0) is 18.2 Å². The lowest BCUT2D eigenvalue weighted by Gasteiger charge is -2.33. The maximum absolute atomic E-state index is 11.4. The Labute approximate surface area is 174 Å². The number of methoxy groups -OCH3 is 1. The van der Waals surface area contributed by atoms with Crippen LogP contribution in [-0.4, -0.2) is 66.9 Å². The van der Waals surface area contributed by atoms with Gasteiger partial charge in [0.15, 0.2) is 0 Å². The van der Waals surface area contributed by atoms with Crippen LogP contribution in [0.15, 0.2) is 53.5 Å². The molecule has 9 nitrogen and oxygen atoms in total. The van der Waals surface area contributed by atoms with E-state index in [1.165, 1.54) is 6.20 Å². The molecular formula is C21H23N5O4. The molecule has 0 aliphatic carbocycles. The summed E-state index contributed by atoms with van der Waals surface area (Å²) in [5.41, 5.74) is 2.61. The molecule has 3 N–H and O–H groups in total. The second-order valence-electron chi connectivity index (χ2n) is 6.84. The Morgan fingerprint density at radius 3 is 2.87 bits per heavy atom. The predicted octanol–water partition coefficient (Wildman–Crippen LogP) is 1.86. The van der Waals surface area contributed by atoms with E-state index >= 15 is 0 Å². The maximum Gasteiger partial charge on any atom is 0.337 e. The van der Waals surface area contributed by atoms with Gasteiger partial charge in [-0.1, -0.05) is 6.07 Å². The number of nitrogens with one attached hydrogen (secondary N) is 2. The third-order valence-electron chi connectivity index (χ3n) is 4.90. The number of aromatic nitrogens is 1. The fourth-order valence-corrected chi connectivity index (χ4v) is 3.36. The minimum atomic E-state index is -1.01. The molecule has 1 fully saturated rings. The van der Waals surface area contributed by atoms with E-state index in [-0.39, 0.29) is 5.56 Å². The Morgan fingerprint density at radius 2 is 2.10 bits per heavy atom. The average molecular weight is 409 g/mol. The van der Waals surface area contributed by atoms with Gasteiger partial charge in [0.1, 0.15) is 11.6 Å². The summed E-state index contributed by atoms with van der Waals surface area (Å²) >= 11 is 0. The number of benzene rings is 1. The molecule has 156 valence electrons. The number of carbonyl (C=O) groups is 1. The number of aromatic carboxylic acids is 1. The van der Waals surface area contributed by atoms with Crippen LogP contribution in [-0.2, 0) is 4.74 Å². The summed E-state index contributed by atoms with van der Waals surface area (Å²) in [4.78, 5) is 22.5. The molecule has 2 aliphatic rings. The van der Waals surface area contributed by atoms with E-state index in [1.54, 1.807) is 19.4 Å². The quantitative estimate of drug-likeness (QED) is 0.687. The molecule has 4 rings (SSSR count). The Kier molecular flexibility index (Phi) is 5.80. The molecule has 9 heteroatoms. The van der Waals surface area contributed by atoms with Crippen molar-refractivity contribution in [1.82, 2.24) is 15.2 Å². The number of nitrogens with zero attached hydrogens (tertiary/aromatic N) is 3. The summed E-state index contributed by atoms with van der Waals surface area (Å²) in [7, 11) is 1.63. The van der Waals surface area contributed by atoms with E-state index in [0.717, 1.165) is 28.4 Å². The SMILES string of the molecule is COc1cccc(NC2=NC(N3CCOCC3)=C(c3cncc(C(=O)O)c3)CN2)c1. The number of carboxylic acids is 1. The number of aliphatic imine (C=N–C) groups is 1. The monoisotopic (exact) mass is 409 g/mol. The minimum Gasteiger partial charge on any atom is -0.497 e. The van der Waals surface area contributed by atoms with Crippen molar-refractivity contribution in [2.45, 2.75) is 0 Å². The number of ether oxygens (including phenoxy) is 2. The van der Waals surface area contributed by atoms with Gasteiger partial charge in [-0.25, -0.2) is 4.79 Å². The molecule has 2 aromatic rings. The molecule has 1 aromatic carbocycles. The fourth-order valence-electron chi connectivity index (χ4n) is 3.36. The second kappa shape index (κ2) is 8.83. The fraction of sp³-hybridized carbons (Fsp3) is 0.286. The molecule has 2 aliphatic heterocycles. The highest BCUT2D eigenvalue weighted by Gasteiger charge is 2.23. The van der Waals surface area contributed by atoms with Crippen molar-refractivity contribution in [2.24, 2.45) is 4.99 Å². The molecule has 0 unspecified atom stereocenters. The highest BCUT2D eigenvalue weighted by Crippen LogP contribution is 2.26. The third-order valence-corrected chi connectivity index (χ3v) is 4.90. The van der Waals surface area contributed by atoms with Crippen LogP contribution in [0.5, 0.6) is 5.75 Å². The number of carboxylic acid groups (broad SMARTS) is 1. The van der Waals surface area contributed by atoms with E-state index in [1.807, 2.05) is 24.3 Å². The molecule has 0 bridgehead atoms. The van der Waals surface area contributed by atoms with Crippen LogP contribution in [0.1, 0.15) is 15.9 Å². The van der Waals surface area contributed by atoms with E-state index in [2.05, 4.69) is 20.5 Å². The smallest absolute Gasteiger partial charge is 0.337 e. The zero-order valence-corrected chi connectivity index (χ0v) is 16.6. The molecule has 1 aromatic heterocycles. The summed E-state index contributed by atoms with van der Waals surface area (Å²) in [5, 5.41) is 15.9. The van der Waals surface area contributed by atoms with Crippen LogP contribution < -0.4 is 15.4 Å². The zero-order valence-electron chi connectivity index (χ0n) is 16.6. The van der Waals surface area contributed by atoms with Gasteiger partial charge >= 0.3 is 5.97 Å². The highest BCUT2D eigenvalue weighted by molar-refractivity contribution is 5.98. The molecule has 1 saturated heterocycles. The van der Waals surface area contributed by atoms with Crippen molar-refractivity contribution in [3.8, 4) is 5.75 Å². The van der Waals surface area contributed by atoms with Crippen molar-refractivity contribution in [2.75, 3.05) is 45.3 Å². The molecule has 0 amide bonds. The van der Waals surface area contributed by atoms with Gasteiger partial charge in [0.25, 0.3) is 0 Å². The minimum absolute atomic E-state index is 0.144. The maximum atomic E-state index is 11.4. The summed E-state index contributed by atoms with van der Waals surface area (Å²) < 4.78 is 10.8. The second-order valence-corrected chi connectivity index (χ2v) is 6.84. The molecule has 30 heavy (non-hydrogen) atoms. The van der Waals surface area contributed by atoms with Crippen LogP contribution >= 0.6 is 0 Å². The summed E-state index contributed by atoms with van der Waals surface area (Å²) in [6.45, 7) is 3.13. The Balaban J connectivity index is 1.70. The van der Waals surface area contributed by atoms with Crippen molar-refractivity contribution in [1.29, 1.82) is 0 Å². The lowest BCUT2D eigenvalue weighted by molar-refractivity contribution is 0.0533. The van der Waals surface area contributed by atoms with Crippen LogP contribution in [0.3, 0.4) is 0 Å². The van der Waals surface area contributed by atoms with Crippen LogP contribution in [0.2, 0.25) is 0 Å². The highest BCUT2D eigenvalue weighted by atomic mass is 16.5. The van der Waals surface area contributed by atoms with E-state index in [4.69, 9.17) is 14.5 Å². The normalized spacial score (nSPS) is 16.6. The standard InChI is InChI=1S/C21H23N5O4/c1-29-17-4-2-3-16(10-17)24-21-23-13-18(14-9-15(20(27)28)12-22-11-14)19(25-21)26-5-7-30-8-6-26/h2-4,9-12H,5-8,13H2,1H3,(H,27,28)(H2,23,24,25). The van der Waals surface area contributed by atoms with Gasteiger partial charge in [0, 0.05) is 54.9 Å². The summed E-state index contributed by atoms with van der Waals surface area (Å²) in [6.07, 6.45) is 3.01. The van der Waals surface area contributed by atoms with Gasteiger partial charge in [0.05, 0.1) is 25.9 Å². The number of hydrogen-bond donors (Lipinski definition) is 3. The lowest BCUT2D eigenvalue weighted by atomic mass is 10.0. The van der Waals surface area contributed by atoms with Crippen LogP contribution in [0.4, 0.5) is 5.69 Å². The number of hydrogen-bond acceptors (Lipinski definition) is 8. The van der Waals surface area contributed by atoms with Gasteiger partial charge in [-0.15, -0.1) is 0 Å². The van der Waals surface area contributed by atoms with E-state index in [9.17, 15) is 9.90 Å². The van der Waals surface area contributed by atoms with Gasteiger partial charge in [-0.2, -0.15) is 4.99 Å². The number of morpholine rings is 1. The van der Waals surface area contributed by atoms with Crippen molar-refractivity contribution in [3.05, 3.63) is 59.7 Å². The molecule has 0 saturated carbocycles. The van der Waals surface area contributed by atoms with Crippen LogP contribution in [0, 0.1) is 0 Å². The van der Waals surface area contributed by atoms with Gasteiger partial charge < -0.3 is 30.1 Å². The topological polar surface area (TPSA) is 108 Å². The predicted molar refractivity (Wildman–Crippen MR) is 113 cm³/mol. The first kappa shape index (κ1) is 19.7. The number of anilines is 1. The number of guanidine groups is 1. The van der Waals surface area contributed by atoms with Gasteiger partial charge in [-0.3, -0.25) is 4.98 Å². The first-order valence-corrected chi connectivity index (χ1v) is 9.62. The molecule has 0 spiro atoms. The van der Waals surface area contributed by atoms with E-state index in [0.29, 0.717) is 38.8 Å². The van der Waals surface area contributed by atoms with Crippen molar-refractivity contribution in [3.63, 3.8) is 0 Å². The number of pyridine rings is 1. The molecule has 0 atom stereocenters. The Morgan fingerprint density at radius 1 is 1.27 bits per heavy atom. The average Bonchev–Trinajstić information content (AvgIpc) is 2.80. The third kappa shape index (κ3) is 4.36. The Hall–Kier alpha value is -3.59. The lowest BCUT2D eigenvalue weighted by Crippen LogP contribution is -2.41. The molecule has 3 heterocycles. The molecule has 0 radical (unpaired) electrons.